The van der Waals surface area contributed by atoms with Crippen molar-refractivity contribution in [1.82, 2.24) is 5.32 Å². The zero-order valence-electron chi connectivity index (χ0n) is 24.2. The predicted octanol–water partition coefficient (Wildman–Crippen LogP) is 2.56. The molecular formula is C31H41N3O8. The topological polar surface area (TPSA) is 176 Å². The molecule has 11 nitrogen and oxygen atoms in total. The van der Waals surface area contributed by atoms with Gasteiger partial charge in [-0.3, -0.25) is 4.79 Å². The molecule has 3 fully saturated rings. The fraction of sp³-hybridized carbons (Fsp3) is 0.581. The minimum absolute atomic E-state index is 0.0383. The van der Waals surface area contributed by atoms with Crippen LogP contribution in [0.2, 0.25) is 0 Å². The van der Waals surface area contributed by atoms with Gasteiger partial charge in [0.25, 0.3) is 5.91 Å². The van der Waals surface area contributed by atoms with E-state index in [0.29, 0.717) is 23.5 Å². The third kappa shape index (κ3) is 5.28. The van der Waals surface area contributed by atoms with Crippen LogP contribution in [0.1, 0.15) is 71.0 Å². The summed E-state index contributed by atoms with van der Waals surface area (Å²) in [6, 6.07) is 3.52. The van der Waals surface area contributed by atoms with Crippen LogP contribution in [-0.4, -0.2) is 56.4 Å². The molecule has 4 aliphatic carbocycles. The number of fused-ring (bicyclic) bond motifs is 5. The number of nitrogens with one attached hydrogen (secondary N) is 2. The highest BCUT2D eigenvalue weighted by atomic mass is 16.8. The number of carboxylic acid groups (broad SMARTS) is 1. The average Bonchev–Trinajstić information content (AvgIpc) is 3.19. The summed E-state index contributed by atoms with van der Waals surface area (Å²) in [5, 5.41) is 56.8. The molecule has 1 aromatic carbocycles. The number of aliphatic carboxylic acids is 1. The van der Waals surface area contributed by atoms with Crippen molar-refractivity contribution in [2.75, 3.05) is 6.61 Å². The van der Waals surface area contributed by atoms with Crippen LogP contribution < -0.4 is 10.5 Å². The maximum absolute atomic E-state index is 12.5. The van der Waals surface area contributed by atoms with Crippen molar-refractivity contribution in [2.45, 2.75) is 77.0 Å². The zero-order valence-corrected chi connectivity index (χ0v) is 24.2. The summed E-state index contributed by atoms with van der Waals surface area (Å²) in [4.78, 5) is 29.5. The lowest BCUT2D eigenvalue weighted by Crippen LogP contribution is -2.99. The van der Waals surface area contributed by atoms with Crippen molar-refractivity contribution < 1.29 is 40.2 Å². The summed E-state index contributed by atoms with van der Waals surface area (Å²) in [6.07, 6.45) is 10.4. The van der Waals surface area contributed by atoms with Crippen LogP contribution in [0.15, 0.2) is 53.2 Å². The highest BCUT2D eigenvalue weighted by molar-refractivity contribution is 6.05. The third-order valence-electron chi connectivity index (χ3n) is 10.9. The van der Waals surface area contributed by atoms with Crippen LogP contribution in [0.4, 0.5) is 5.69 Å². The molecule has 0 radical (unpaired) electrons. The molecule has 0 saturated heterocycles. The van der Waals surface area contributed by atoms with Crippen molar-refractivity contribution in [3.8, 4) is 0 Å². The SMILES string of the molecule is C[C@]12C=CC(=NOCC(=O)N[C@H](C(=O)O)[C@H](O)c3cccc([NH+]([O-])O)c3)C=C1CC[C@H]1[C@H]2CC[C@@]2(C)[C@H]1CC[C@]2(C)O. The fourth-order valence-corrected chi connectivity index (χ4v) is 8.21. The molecule has 42 heavy (non-hydrogen) atoms. The van der Waals surface area contributed by atoms with E-state index in [-0.39, 0.29) is 22.1 Å². The van der Waals surface area contributed by atoms with Crippen LogP contribution >= 0.6 is 0 Å². The van der Waals surface area contributed by atoms with E-state index in [2.05, 4.69) is 30.4 Å². The Labute approximate surface area is 245 Å². The smallest absolute Gasteiger partial charge is 0.329 e. The monoisotopic (exact) mass is 583 g/mol. The molecule has 0 spiro atoms. The number of amides is 1. The van der Waals surface area contributed by atoms with E-state index in [1.54, 1.807) is 0 Å². The minimum Gasteiger partial charge on any atom is -0.595 e. The lowest BCUT2D eigenvalue weighted by Gasteiger charge is -2.58. The Balaban J connectivity index is 1.20. The molecule has 5 rings (SSSR count). The van der Waals surface area contributed by atoms with Gasteiger partial charge in [-0.1, -0.05) is 42.8 Å². The van der Waals surface area contributed by atoms with E-state index in [4.69, 9.17) is 10.0 Å². The second-order valence-corrected chi connectivity index (χ2v) is 13.0. The van der Waals surface area contributed by atoms with Crippen molar-refractivity contribution >= 4 is 23.3 Å². The van der Waals surface area contributed by atoms with Gasteiger partial charge in [0, 0.05) is 17.5 Å². The molecule has 1 amide bonds. The molecule has 0 heterocycles. The maximum atomic E-state index is 12.5. The Morgan fingerprint density at radius 1 is 1.19 bits per heavy atom. The molecule has 4 aliphatic rings. The normalized spacial score (nSPS) is 36.6. The number of hydrogen-bond acceptors (Lipinski definition) is 8. The number of allylic oxidation sites excluding steroid dienone is 4. The van der Waals surface area contributed by atoms with Crippen LogP contribution in [0, 0.1) is 33.8 Å². The number of carbonyl (C=O) groups excluding carboxylic acids is 1. The Morgan fingerprint density at radius 3 is 2.64 bits per heavy atom. The Hall–Kier alpha value is -3.09. The number of oxime groups is 1. The van der Waals surface area contributed by atoms with Gasteiger partial charge in [0.15, 0.2) is 18.3 Å². The highest BCUT2D eigenvalue weighted by Crippen LogP contribution is 2.66. The number of nitrogens with zero attached hydrogens (tertiary/aromatic N) is 1. The van der Waals surface area contributed by atoms with Gasteiger partial charge in [0.1, 0.15) is 11.8 Å². The Bertz CT molecular complexity index is 1320. The molecule has 11 heteroatoms. The number of quaternary nitrogens is 1. The van der Waals surface area contributed by atoms with Crippen LogP contribution in [0.5, 0.6) is 0 Å². The molecule has 3 saturated carbocycles. The Morgan fingerprint density at radius 2 is 1.93 bits per heavy atom. The summed E-state index contributed by atoms with van der Waals surface area (Å²) in [5.74, 6) is -0.710. The van der Waals surface area contributed by atoms with Crippen molar-refractivity contribution in [2.24, 2.45) is 33.7 Å². The summed E-state index contributed by atoms with van der Waals surface area (Å²) < 4.78 is 0. The quantitative estimate of drug-likeness (QED) is 0.253. The van der Waals surface area contributed by atoms with E-state index in [9.17, 15) is 30.1 Å². The standard InChI is InChI=1S/C31H41N3O8/c1-29-12-9-20(16-19(29)7-8-22-23(29)10-13-30(2)24(22)11-14-31(30,3)39)33-42-17-25(35)32-26(28(37)38)27(36)18-5-4-6-21(15-18)34(40)41/h4-6,9,12,15-16,22-24,26-27,34,36,39-40H,7-8,10-11,13-14,17H2,1-3H3,(H,32,35)(H,37,38)/t22-,23+,24-,26-,27+,29-,30-,31-/m0/s1. The summed E-state index contributed by atoms with van der Waals surface area (Å²) in [5.41, 5.74) is 1.03. The van der Waals surface area contributed by atoms with Gasteiger partial charge in [-0.2, -0.15) is 5.23 Å². The maximum Gasteiger partial charge on any atom is 0.329 e. The number of carboxylic acids is 1. The lowest BCUT2D eigenvalue weighted by molar-refractivity contribution is -0.991. The highest BCUT2D eigenvalue weighted by Gasteiger charge is 2.62. The van der Waals surface area contributed by atoms with Gasteiger partial charge in [-0.05, 0) is 86.3 Å². The summed E-state index contributed by atoms with van der Waals surface area (Å²) in [6.45, 7) is 6.02. The molecular weight excluding hydrogens is 542 g/mol. The van der Waals surface area contributed by atoms with E-state index < -0.39 is 41.5 Å². The van der Waals surface area contributed by atoms with E-state index in [1.807, 2.05) is 19.1 Å². The second-order valence-electron chi connectivity index (χ2n) is 13.0. The second kappa shape index (κ2) is 11.2. The fourth-order valence-electron chi connectivity index (χ4n) is 8.21. The van der Waals surface area contributed by atoms with Gasteiger partial charge in [-0.25, -0.2) is 10.0 Å². The van der Waals surface area contributed by atoms with Gasteiger partial charge >= 0.3 is 5.97 Å². The molecule has 9 atom stereocenters. The lowest BCUT2D eigenvalue weighted by atomic mass is 9.47. The number of aliphatic hydroxyl groups is 2. The van der Waals surface area contributed by atoms with E-state index in [1.165, 1.54) is 23.8 Å². The molecule has 1 aromatic rings. The van der Waals surface area contributed by atoms with Gasteiger partial charge in [-0.15, -0.1) is 0 Å². The Kier molecular flexibility index (Phi) is 8.10. The third-order valence-corrected chi connectivity index (χ3v) is 10.9. The van der Waals surface area contributed by atoms with E-state index in [0.717, 1.165) is 44.6 Å². The minimum atomic E-state index is -1.72. The zero-order chi connectivity index (χ0) is 30.4. The van der Waals surface area contributed by atoms with Gasteiger partial charge in [0.2, 0.25) is 0 Å². The van der Waals surface area contributed by atoms with Crippen LogP contribution in [0.3, 0.4) is 0 Å². The van der Waals surface area contributed by atoms with Crippen LogP contribution in [-0.2, 0) is 14.4 Å². The molecule has 0 aromatic heterocycles. The molecule has 228 valence electrons. The number of rotatable bonds is 8. The van der Waals surface area contributed by atoms with Gasteiger partial charge in [0.05, 0.1) is 5.60 Å². The van der Waals surface area contributed by atoms with Crippen molar-refractivity contribution in [3.63, 3.8) is 0 Å². The molecule has 6 N–H and O–H groups in total. The summed E-state index contributed by atoms with van der Waals surface area (Å²) in [7, 11) is 0. The number of benzene rings is 1. The first-order valence-corrected chi connectivity index (χ1v) is 14.6. The predicted molar refractivity (Wildman–Crippen MR) is 152 cm³/mol. The number of carbonyl (C=O) groups is 2. The molecule has 0 bridgehead atoms. The van der Waals surface area contributed by atoms with Crippen LogP contribution in [0.25, 0.3) is 0 Å². The van der Waals surface area contributed by atoms with Crippen molar-refractivity contribution in [1.29, 1.82) is 0 Å². The molecule has 1 unspecified atom stereocenters. The van der Waals surface area contributed by atoms with E-state index >= 15 is 0 Å². The number of aliphatic hydroxyl groups excluding tert-OH is 1. The average molecular weight is 584 g/mol. The number of hydrogen-bond donors (Lipinski definition) is 6. The molecule has 0 aliphatic heterocycles. The largest absolute Gasteiger partial charge is 0.595 e. The first kappa shape index (κ1) is 30.4. The van der Waals surface area contributed by atoms with Crippen molar-refractivity contribution in [3.05, 3.63) is 58.8 Å². The summed E-state index contributed by atoms with van der Waals surface area (Å²) >= 11 is 0. The van der Waals surface area contributed by atoms with Gasteiger partial charge < -0.3 is 30.7 Å². The first-order chi connectivity index (χ1) is 19.8. The first-order valence-electron chi connectivity index (χ1n) is 14.6.